The summed E-state index contributed by atoms with van der Waals surface area (Å²) < 4.78 is 1.31. The predicted octanol–water partition coefficient (Wildman–Crippen LogP) is 1.94. The molecule has 3 rings (SSSR count). The average Bonchev–Trinajstić information content (AvgIpc) is 2.32. The Morgan fingerprint density at radius 1 is 1.30 bits per heavy atom. The van der Waals surface area contributed by atoms with Crippen LogP contribution in [-0.2, 0) is 0 Å². The van der Waals surface area contributed by atoms with Crippen LogP contribution < -0.4 is 11.2 Å². The van der Waals surface area contributed by atoms with Gasteiger partial charge in [0.15, 0.2) is 0 Å². The monoisotopic (exact) mass is 272 g/mol. The summed E-state index contributed by atoms with van der Waals surface area (Å²) in [6.07, 6.45) is 2.75. The summed E-state index contributed by atoms with van der Waals surface area (Å²) in [4.78, 5) is 26.2. The second-order valence-electron chi connectivity index (χ2n) is 5.28. The van der Waals surface area contributed by atoms with Gasteiger partial charge in [0, 0.05) is 6.04 Å². The molecule has 104 valence electrons. The molecule has 0 radical (unpaired) electrons. The van der Waals surface area contributed by atoms with Crippen LogP contribution in [0.25, 0.3) is 11.1 Å². The molecular weight excluding hydrogens is 256 g/mol. The smallest absolute Gasteiger partial charge is 0.331 e. The largest absolute Gasteiger partial charge is 0.494 e. The summed E-state index contributed by atoms with van der Waals surface area (Å²) >= 11 is 0. The molecule has 0 atom stereocenters. The summed E-state index contributed by atoms with van der Waals surface area (Å²) in [7, 11) is 0. The molecule has 0 aliphatic heterocycles. The van der Waals surface area contributed by atoms with E-state index < -0.39 is 11.2 Å². The van der Waals surface area contributed by atoms with Crippen LogP contribution in [0.1, 0.15) is 30.9 Å². The van der Waals surface area contributed by atoms with Gasteiger partial charge in [0.05, 0.1) is 0 Å². The Morgan fingerprint density at radius 2 is 2.05 bits per heavy atom. The quantitative estimate of drug-likeness (QED) is 0.877. The molecule has 0 bridgehead atoms. The molecule has 0 amide bonds. The summed E-state index contributed by atoms with van der Waals surface area (Å²) in [6, 6.07) is 7.30. The molecular formula is C15H16N2O3. The van der Waals surface area contributed by atoms with E-state index in [1.165, 1.54) is 4.57 Å². The van der Waals surface area contributed by atoms with Gasteiger partial charge in [0.1, 0.15) is 5.56 Å². The van der Waals surface area contributed by atoms with Gasteiger partial charge in [-0.2, -0.15) is 0 Å². The van der Waals surface area contributed by atoms with Crippen LogP contribution in [0.2, 0.25) is 0 Å². The third-order valence-corrected chi connectivity index (χ3v) is 3.86. The topological polar surface area (TPSA) is 75.1 Å². The Morgan fingerprint density at radius 3 is 2.65 bits per heavy atom. The van der Waals surface area contributed by atoms with E-state index in [4.69, 9.17) is 0 Å². The van der Waals surface area contributed by atoms with Gasteiger partial charge in [-0.25, -0.2) is 4.79 Å². The van der Waals surface area contributed by atoms with E-state index in [2.05, 4.69) is 4.98 Å². The lowest BCUT2D eigenvalue weighted by Gasteiger charge is -2.28. The Balaban J connectivity index is 2.25. The zero-order valence-corrected chi connectivity index (χ0v) is 11.2. The number of aromatic nitrogens is 2. The van der Waals surface area contributed by atoms with Crippen molar-refractivity contribution < 1.29 is 5.11 Å². The zero-order chi connectivity index (χ0) is 14.3. The fraction of sp³-hybridized carbons (Fsp3) is 0.333. The van der Waals surface area contributed by atoms with Crippen LogP contribution in [0, 0.1) is 6.92 Å². The van der Waals surface area contributed by atoms with Crippen molar-refractivity contribution in [2.75, 3.05) is 0 Å². The Kier molecular flexibility index (Phi) is 2.97. The molecule has 1 aromatic heterocycles. The number of H-pyrrole nitrogens is 1. The molecule has 0 saturated heterocycles. The van der Waals surface area contributed by atoms with Crippen LogP contribution in [0.5, 0.6) is 5.88 Å². The van der Waals surface area contributed by atoms with Crippen LogP contribution in [0.15, 0.2) is 33.9 Å². The SMILES string of the molecule is Cc1cccc(-c2c(O)n(C3CCC3)c(=O)[nH]c2=O)c1. The maximum Gasteiger partial charge on any atom is 0.331 e. The highest BCUT2D eigenvalue weighted by Crippen LogP contribution is 2.35. The van der Waals surface area contributed by atoms with E-state index in [0.717, 1.165) is 24.8 Å². The maximum absolute atomic E-state index is 12.0. The first kappa shape index (κ1) is 12.7. The molecule has 20 heavy (non-hydrogen) atoms. The Hall–Kier alpha value is -2.30. The number of hydrogen-bond donors (Lipinski definition) is 2. The third kappa shape index (κ3) is 1.95. The molecule has 5 heteroatoms. The molecule has 5 nitrogen and oxygen atoms in total. The number of rotatable bonds is 2. The van der Waals surface area contributed by atoms with Gasteiger partial charge < -0.3 is 5.11 Å². The number of hydrogen-bond acceptors (Lipinski definition) is 3. The molecule has 1 aliphatic rings. The van der Waals surface area contributed by atoms with Crippen molar-refractivity contribution in [3.63, 3.8) is 0 Å². The normalized spacial score (nSPS) is 15.1. The second-order valence-corrected chi connectivity index (χ2v) is 5.28. The van der Waals surface area contributed by atoms with Crippen molar-refractivity contribution >= 4 is 0 Å². The van der Waals surface area contributed by atoms with Gasteiger partial charge in [-0.1, -0.05) is 29.8 Å². The average molecular weight is 272 g/mol. The van der Waals surface area contributed by atoms with Crippen LogP contribution in [0.3, 0.4) is 0 Å². The summed E-state index contributed by atoms with van der Waals surface area (Å²) in [5.41, 5.74) is 0.696. The highest BCUT2D eigenvalue weighted by atomic mass is 16.3. The number of aromatic hydroxyl groups is 1. The molecule has 2 N–H and O–H groups in total. The summed E-state index contributed by atoms with van der Waals surface area (Å²) in [5.74, 6) is -0.228. The number of aromatic amines is 1. The van der Waals surface area contributed by atoms with Gasteiger partial charge in [-0.15, -0.1) is 0 Å². The number of nitrogens with zero attached hydrogens (tertiary/aromatic N) is 1. The standard InChI is InChI=1S/C15H16N2O3/c1-9-4-2-5-10(8-9)12-13(18)16-15(20)17(14(12)19)11-6-3-7-11/h2,4-5,8,11,19H,3,6-7H2,1H3,(H,16,18,20). The Labute approximate surface area is 115 Å². The molecule has 1 saturated carbocycles. The molecule has 1 aromatic carbocycles. The van der Waals surface area contributed by atoms with Gasteiger partial charge in [-0.3, -0.25) is 14.3 Å². The highest BCUT2D eigenvalue weighted by molar-refractivity contribution is 5.67. The van der Waals surface area contributed by atoms with E-state index >= 15 is 0 Å². The zero-order valence-electron chi connectivity index (χ0n) is 11.2. The predicted molar refractivity (Wildman–Crippen MR) is 76.0 cm³/mol. The minimum Gasteiger partial charge on any atom is -0.494 e. The number of benzene rings is 1. The minimum absolute atomic E-state index is 0.0112. The molecule has 1 heterocycles. The van der Waals surface area contributed by atoms with Crippen molar-refractivity contribution in [1.82, 2.24) is 9.55 Å². The molecule has 1 fully saturated rings. The summed E-state index contributed by atoms with van der Waals surface area (Å²) in [5, 5.41) is 10.4. The van der Waals surface area contributed by atoms with E-state index in [9.17, 15) is 14.7 Å². The van der Waals surface area contributed by atoms with Gasteiger partial charge in [0.25, 0.3) is 5.56 Å². The highest BCUT2D eigenvalue weighted by Gasteiger charge is 2.26. The molecule has 0 unspecified atom stereocenters. The lowest BCUT2D eigenvalue weighted by molar-refractivity contribution is 0.267. The summed E-state index contributed by atoms with van der Waals surface area (Å²) in [6.45, 7) is 1.91. The van der Waals surface area contributed by atoms with Gasteiger partial charge >= 0.3 is 5.69 Å². The Bertz CT molecular complexity index is 769. The van der Waals surface area contributed by atoms with Crippen molar-refractivity contribution in [2.45, 2.75) is 32.2 Å². The second kappa shape index (κ2) is 4.67. The van der Waals surface area contributed by atoms with Crippen molar-refractivity contribution in [1.29, 1.82) is 0 Å². The van der Waals surface area contributed by atoms with Crippen LogP contribution in [-0.4, -0.2) is 14.7 Å². The molecule has 1 aliphatic carbocycles. The minimum atomic E-state index is -0.548. The van der Waals surface area contributed by atoms with E-state index in [-0.39, 0.29) is 17.5 Å². The van der Waals surface area contributed by atoms with Gasteiger partial charge in [0.2, 0.25) is 5.88 Å². The van der Waals surface area contributed by atoms with E-state index in [0.29, 0.717) is 5.56 Å². The number of aryl methyl sites for hydroxylation is 1. The van der Waals surface area contributed by atoms with E-state index in [1.807, 2.05) is 25.1 Å². The maximum atomic E-state index is 12.0. The fourth-order valence-electron chi connectivity index (χ4n) is 2.58. The molecule has 2 aromatic rings. The fourth-order valence-corrected chi connectivity index (χ4v) is 2.58. The van der Waals surface area contributed by atoms with Crippen molar-refractivity contribution in [3.8, 4) is 17.0 Å². The lowest BCUT2D eigenvalue weighted by Crippen LogP contribution is -2.35. The third-order valence-electron chi connectivity index (χ3n) is 3.86. The van der Waals surface area contributed by atoms with Crippen molar-refractivity contribution in [2.24, 2.45) is 0 Å². The number of nitrogens with one attached hydrogen (secondary N) is 1. The first-order valence-electron chi connectivity index (χ1n) is 6.73. The van der Waals surface area contributed by atoms with Crippen molar-refractivity contribution in [3.05, 3.63) is 50.7 Å². The van der Waals surface area contributed by atoms with E-state index in [1.54, 1.807) is 6.07 Å². The van der Waals surface area contributed by atoms with Crippen LogP contribution >= 0.6 is 0 Å². The van der Waals surface area contributed by atoms with Gasteiger partial charge in [-0.05, 0) is 31.7 Å². The first-order valence-corrected chi connectivity index (χ1v) is 6.73. The van der Waals surface area contributed by atoms with Crippen LogP contribution in [0.4, 0.5) is 0 Å². The first-order chi connectivity index (χ1) is 9.58. The molecule has 0 spiro atoms. The lowest BCUT2D eigenvalue weighted by atomic mass is 9.92.